The van der Waals surface area contributed by atoms with Crippen LogP contribution in [-0.4, -0.2) is 46.8 Å². The molecule has 1 aliphatic heterocycles. The van der Waals surface area contributed by atoms with E-state index in [1.165, 1.54) is 33.5 Å². The number of fused-ring (bicyclic) bond motifs is 1. The van der Waals surface area contributed by atoms with Crippen LogP contribution in [0.4, 0.5) is 11.6 Å². The Morgan fingerprint density at radius 1 is 1.09 bits per heavy atom. The van der Waals surface area contributed by atoms with Crippen molar-refractivity contribution in [3.05, 3.63) is 63.3 Å². The lowest BCUT2D eigenvalue weighted by molar-refractivity contribution is -0.384. The lowest BCUT2D eigenvalue weighted by Gasteiger charge is -2.32. The Bertz CT molecular complexity index is 1350. The maximum Gasteiger partial charge on any atom is 0.269 e. The van der Waals surface area contributed by atoms with Gasteiger partial charge in [0, 0.05) is 35.4 Å². The molecule has 0 radical (unpaired) electrons. The Morgan fingerprint density at radius 3 is 2.49 bits per heavy atom. The number of ketones is 1. The van der Waals surface area contributed by atoms with Crippen LogP contribution in [0.2, 0.25) is 0 Å². The zero-order valence-corrected chi connectivity index (χ0v) is 19.4. The molecule has 1 aliphatic carbocycles. The van der Waals surface area contributed by atoms with E-state index in [-0.39, 0.29) is 11.5 Å². The fourth-order valence-electron chi connectivity index (χ4n) is 4.61. The van der Waals surface area contributed by atoms with E-state index >= 15 is 0 Å². The van der Waals surface area contributed by atoms with Gasteiger partial charge in [-0.3, -0.25) is 14.9 Å². The SMILES string of the molecule is COc1cc(-c2nc3n(n2)C(c2cccc([N+](=O)[O-])c2)C2=C(CCCC2=O)N3)cc(OC)c1OC. The van der Waals surface area contributed by atoms with Crippen LogP contribution in [0.15, 0.2) is 47.7 Å². The fraction of sp³-hybridized carbons (Fsp3) is 0.292. The molecule has 0 spiro atoms. The molecule has 0 saturated carbocycles. The van der Waals surface area contributed by atoms with Gasteiger partial charge in [-0.15, -0.1) is 5.10 Å². The van der Waals surface area contributed by atoms with Crippen LogP contribution in [0.3, 0.4) is 0 Å². The first-order valence-electron chi connectivity index (χ1n) is 11.0. The predicted molar refractivity (Wildman–Crippen MR) is 126 cm³/mol. The number of allylic oxidation sites excluding steroid dienone is 2. The normalized spacial score (nSPS) is 16.8. The molecule has 1 aromatic heterocycles. The highest BCUT2D eigenvalue weighted by atomic mass is 16.6. The lowest BCUT2D eigenvalue weighted by Crippen LogP contribution is -2.31. The van der Waals surface area contributed by atoms with Gasteiger partial charge in [0.15, 0.2) is 23.1 Å². The molecule has 0 saturated heterocycles. The van der Waals surface area contributed by atoms with Crippen molar-refractivity contribution in [1.29, 1.82) is 0 Å². The average Bonchev–Trinajstić information content (AvgIpc) is 3.30. The van der Waals surface area contributed by atoms with Gasteiger partial charge in [-0.2, -0.15) is 4.98 Å². The fourth-order valence-corrected chi connectivity index (χ4v) is 4.61. The first-order chi connectivity index (χ1) is 16.9. The number of nitro benzene ring substituents is 1. The van der Waals surface area contributed by atoms with Gasteiger partial charge in [-0.05, 0) is 30.5 Å². The number of anilines is 1. The maximum atomic E-state index is 13.0. The molecule has 2 aliphatic rings. The Balaban J connectivity index is 1.68. The molecular formula is C24H23N5O6. The summed E-state index contributed by atoms with van der Waals surface area (Å²) in [5, 5.41) is 19.4. The molecule has 5 rings (SSSR count). The van der Waals surface area contributed by atoms with Gasteiger partial charge in [-0.25, -0.2) is 4.68 Å². The highest BCUT2D eigenvalue weighted by Crippen LogP contribution is 2.43. The van der Waals surface area contributed by atoms with Crippen molar-refractivity contribution >= 4 is 17.4 Å². The summed E-state index contributed by atoms with van der Waals surface area (Å²) in [6.07, 6.45) is 1.81. The minimum atomic E-state index is -0.641. The second-order valence-corrected chi connectivity index (χ2v) is 8.17. The maximum absolute atomic E-state index is 13.0. The monoisotopic (exact) mass is 477 g/mol. The van der Waals surface area contributed by atoms with Crippen molar-refractivity contribution in [1.82, 2.24) is 14.8 Å². The van der Waals surface area contributed by atoms with E-state index in [9.17, 15) is 14.9 Å². The smallest absolute Gasteiger partial charge is 0.269 e. The number of Topliss-reactive ketones (excluding diaryl/α,β-unsaturated/α-hetero) is 1. The molecule has 0 fully saturated rings. The molecule has 11 nitrogen and oxygen atoms in total. The Labute approximate surface area is 200 Å². The zero-order chi connectivity index (χ0) is 24.7. The zero-order valence-electron chi connectivity index (χ0n) is 19.4. The molecule has 2 aromatic carbocycles. The summed E-state index contributed by atoms with van der Waals surface area (Å²) < 4.78 is 17.9. The van der Waals surface area contributed by atoms with E-state index in [4.69, 9.17) is 19.3 Å². The van der Waals surface area contributed by atoms with Crippen molar-refractivity contribution in [3.8, 4) is 28.6 Å². The molecule has 2 heterocycles. The van der Waals surface area contributed by atoms with Crippen molar-refractivity contribution in [2.45, 2.75) is 25.3 Å². The highest BCUT2D eigenvalue weighted by molar-refractivity contribution is 5.99. The van der Waals surface area contributed by atoms with Gasteiger partial charge in [0.05, 0.1) is 26.3 Å². The number of nitrogens with zero attached hydrogens (tertiary/aromatic N) is 4. The molecule has 1 N–H and O–H groups in total. The number of benzene rings is 2. The molecule has 35 heavy (non-hydrogen) atoms. The first-order valence-corrected chi connectivity index (χ1v) is 11.0. The molecule has 0 amide bonds. The Hall–Kier alpha value is -4.41. The van der Waals surface area contributed by atoms with E-state index in [0.29, 0.717) is 58.6 Å². The van der Waals surface area contributed by atoms with Crippen molar-refractivity contribution < 1.29 is 23.9 Å². The molecule has 1 unspecified atom stereocenters. The van der Waals surface area contributed by atoms with Crippen LogP contribution in [0.1, 0.15) is 30.9 Å². The van der Waals surface area contributed by atoms with E-state index in [1.807, 2.05) is 0 Å². The molecule has 3 aromatic rings. The highest BCUT2D eigenvalue weighted by Gasteiger charge is 2.37. The topological polar surface area (TPSA) is 131 Å². The van der Waals surface area contributed by atoms with E-state index in [2.05, 4.69) is 10.3 Å². The molecular weight excluding hydrogens is 454 g/mol. The number of nitro groups is 1. The van der Waals surface area contributed by atoms with Crippen molar-refractivity contribution in [2.75, 3.05) is 26.6 Å². The summed E-state index contributed by atoms with van der Waals surface area (Å²) >= 11 is 0. The van der Waals surface area contributed by atoms with Gasteiger partial charge >= 0.3 is 0 Å². The lowest BCUT2D eigenvalue weighted by atomic mass is 9.85. The van der Waals surface area contributed by atoms with E-state index in [0.717, 1.165) is 12.1 Å². The summed E-state index contributed by atoms with van der Waals surface area (Å²) in [6.45, 7) is 0. The second-order valence-electron chi connectivity index (χ2n) is 8.17. The number of rotatable bonds is 6. The average molecular weight is 477 g/mol. The summed E-state index contributed by atoms with van der Waals surface area (Å²) in [6, 6.07) is 9.11. The quantitative estimate of drug-likeness (QED) is 0.415. The van der Waals surface area contributed by atoms with Crippen LogP contribution >= 0.6 is 0 Å². The van der Waals surface area contributed by atoms with Gasteiger partial charge in [0.1, 0.15) is 6.04 Å². The van der Waals surface area contributed by atoms with Gasteiger partial charge in [-0.1, -0.05) is 12.1 Å². The number of hydrogen-bond acceptors (Lipinski definition) is 9. The number of carbonyl (C=O) groups is 1. The minimum absolute atomic E-state index is 0.00857. The molecule has 11 heteroatoms. The van der Waals surface area contributed by atoms with Gasteiger partial charge < -0.3 is 19.5 Å². The van der Waals surface area contributed by atoms with E-state index in [1.54, 1.807) is 28.9 Å². The number of carbonyl (C=O) groups excluding carboxylic acids is 1. The number of methoxy groups -OCH3 is 3. The Kier molecular flexibility index (Phi) is 5.59. The molecule has 0 bridgehead atoms. The number of aromatic nitrogens is 3. The summed E-state index contributed by atoms with van der Waals surface area (Å²) in [7, 11) is 4.57. The third kappa shape index (κ3) is 3.74. The van der Waals surface area contributed by atoms with Crippen LogP contribution in [0, 0.1) is 10.1 Å². The minimum Gasteiger partial charge on any atom is -0.493 e. The van der Waals surface area contributed by atoms with Gasteiger partial charge in [0.25, 0.3) is 5.69 Å². The summed E-state index contributed by atoms with van der Waals surface area (Å²) in [4.78, 5) is 28.7. The predicted octanol–water partition coefficient (Wildman–Crippen LogP) is 3.90. The Morgan fingerprint density at radius 2 is 1.83 bits per heavy atom. The van der Waals surface area contributed by atoms with Gasteiger partial charge in [0.2, 0.25) is 11.7 Å². The van der Waals surface area contributed by atoms with Crippen LogP contribution in [0.25, 0.3) is 11.4 Å². The number of non-ortho nitro benzene ring substituents is 1. The largest absolute Gasteiger partial charge is 0.493 e. The number of nitrogens with one attached hydrogen (secondary N) is 1. The standard InChI is InChI=1S/C24H23N5O6/c1-33-18-11-14(12-19(34-2)22(18)35-3)23-26-24-25-16-8-5-9-17(30)20(16)21(28(24)27-23)13-6-4-7-15(10-13)29(31)32/h4,6-7,10-12,21H,5,8-9H2,1-3H3,(H,25,26,27). The molecule has 1 atom stereocenters. The third-order valence-electron chi connectivity index (χ3n) is 6.19. The van der Waals surface area contributed by atoms with Crippen LogP contribution in [0.5, 0.6) is 17.2 Å². The second kappa shape index (κ2) is 8.75. The van der Waals surface area contributed by atoms with Crippen LogP contribution < -0.4 is 19.5 Å². The summed E-state index contributed by atoms with van der Waals surface area (Å²) in [5.74, 6) is 2.15. The first kappa shape index (κ1) is 22.4. The number of ether oxygens (including phenoxy) is 3. The van der Waals surface area contributed by atoms with Crippen molar-refractivity contribution in [2.24, 2.45) is 0 Å². The summed E-state index contributed by atoms with van der Waals surface area (Å²) in [5.41, 5.74) is 2.48. The molecule has 180 valence electrons. The van der Waals surface area contributed by atoms with Crippen LogP contribution in [-0.2, 0) is 4.79 Å². The number of hydrogen-bond donors (Lipinski definition) is 1. The van der Waals surface area contributed by atoms with Crippen molar-refractivity contribution in [3.63, 3.8) is 0 Å². The van der Waals surface area contributed by atoms with E-state index < -0.39 is 11.0 Å². The third-order valence-corrected chi connectivity index (χ3v) is 6.19.